The Kier molecular flexibility index (Phi) is 4.23. The summed E-state index contributed by atoms with van der Waals surface area (Å²) >= 11 is 0. The Morgan fingerprint density at radius 1 is 1.28 bits per heavy atom. The first kappa shape index (κ1) is 12.9. The lowest BCUT2D eigenvalue weighted by molar-refractivity contribution is 0.726. The zero-order valence-corrected chi connectivity index (χ0v) is 11.0. The summed E-state index contributed by atoms with van der Waals surface area (Å²) in [4.78, 5) is 21.4. The molecule has 5 heteroatoms. The van der Waals surface area contributed by atoms with Gasteiger partial charge in [-0.15, -0.1) is 0 Å². The third kappa shape index (κ3) is 2.83. The highest BCUT2D eigenvalue weighted by molar-refractivity contribution is 5.44. The van der Waals surface area contributed by atoms with Gasteiger partial charge in [0.25, 0.3) is 5.56 Å². The second kappa shape index (κ2) is 5.89. The minimum Gasteiger partial charge on any atom is -0.383 e. The lowest BCUT2D eigenvalue weighted by atomic mass is 10.2. The van der Waals surface area contributed by atoms with Crippen molar-refractivity contribution >= 4 is 11.8 Å². The predicted octanol–water partition coefficient (Wildman–Crippen LogP) is 1.68. The molecular formula is C13H22N4O. The van der Waals surface area contributed by atoms with Crippen molar-refractivity contribution in [2.45, 2.75) is 45.4 Å². The molecule has 5 nitrogen and oxygen atoms in total. The molecule has 18 heavy (non-hydrogen) atoms. The Bertz CT molecular complexity index is 447. The summed E-state index contributed by atoms with van der Waals surface area (Å²) in [7, 11) is 0. The van der Waals surface area contributed by atoms with Gasteiger partial charge in [-0.25, -0.2) is 0 Å². The van der Waals surface area contributed by atoms with Crippen molar-refractivity contribution in [2.24, 2.45) is 0 Å². The maximum Gasteiger partial charge on any atom is 0.257 e. The monoisotopic (exact) mass is 250 g/mol. The van der Waals surface area contributed by atoms with Gasteiger partial charge in [0.05, 0.1) is 5.56 Å². The molecule has 0 saturated carbocycles. The SMILES string of the molecule is CCCc1c(N)nc(N2CCCCCC2)[nH]c1=O. The first-order valence-electron chi connectivity index (χ1n) is 6.86. The van der Waals surface area contributed by atoms with E-state index in [-0.39, 0.29) is 5.56 Å². The summed E-state index contributed by atoms with van der Waals surface area (Å²) in [5, 5.41) is 0. The number of nitrogens with two attached hydrogens (primary N) is 1. The lowest BCUT2D eigenvalue weighted by Gasteiger charge is -2.21. The number of aromatic nitrogens is 2. The predicted molar refractivity (Wildman–Crippen MR) is 73.9 cm³/mol. The summed E-state index contributed by atoms with van der Waals surface area (Å²) in [6.45, 7) is 3.94. The summed E-state index contributed by atoms with van der Waals surface area (Å²) in [5.41, 5.74) is 6.44. The van der Waals surface area contributed by atoms with Crippen LogP contribution < -0.4 is 16.2 Å². The van der Waals surface area contributed by atoms with Gasteiger partial charge in [-0.05, 0) is 19.3 Å². The number of nitrogens with zero attached hydrogens (tertiary/aromatic N) is 2. The van der Waals surface area contributed by atoms with Crippen molar-refractivity contribution in [3.63, 3.8) is 0 Å². The third-order valence-corrected chi connectivity index (χ3v) is 3.44. The molecule has 1 aromatic heterocycles. The van der Waals surface area contributed by atoms with Crippen LogP contribution in [0.4, 0.5) is 11.8 Å². The van der Waals surface area contributed by atoms with Gasteiger partial charge in [0, 0.05) is 13.1 Å². The van der Waals surface area contributed by atoms with Crippen LogP contribution in [0.2, 0.25) is 0 Å². The topological polar surface area (TPSA) is 75.0 Å². The number of hydrogen-bond acceptors (Lipinski definition) is 4. The van der Waals surface area contributed by atoms with E-state index in [9.17, 15) is 4.79 Å². The number of anilines is 2. The average Bonchev–Trinajstić information content (AvgIpc) is 2.62. The zero-order valence-electron chi connectivity index (χ0n) is 11.0. The van der Waals surface area contributed by atoms with Crippen LogP contribution in [0.5, 0.6) is 0 Å². The minimum atomic E-state index is -0.0800. The Morgan fingerprint density at radius 2 is 1.94 bits per heavy atom. The van der Waals surface area contributed by atoms with Crippen molar-refractivity contribution in [3.05, 3.63) is 15.9 Å². The molecule has 1 aliphatic heterocycles. The molecule has 2 rings (SSSR count). The maximum atomic E-state index is 12.0. The number of hydrogen-bond donors (Lipinski definition) is 2. The van der Waals surface area contributed by atoms with E-state index in [4.69, 9.17) is 5.73 Å². The molecule has 0 bridgehead atoms. The molecule has 2 heterocycles. The molecule has 0 spiro atoms. The van der Waals surface area contributed by atoms with Crippen LogP contribution in [-0.2, 0) is 6.42 Å². The molecule has 1 saturated heterocycles. The number of rotatable bonds is 3. The minimum absolute atomic E-state index is 0.0800. The van der Waals surface area contributed by atoms with Gasteiger partial charge in [0.15, 0.2) is 0 Å². The molecule has 1 fully saturated rings. The maximum absolute atomic E-state index is 12.0. The number of nitrogen functional groups attached to an aromatic ring is 1. The zero-order chi connectivity index (χ0) is 13.0. The molecule has 0 aliphatic carbocycles. The van der Waals surface area contributed by atoms with E-state index < -0.39 is 0 Å². The van der Waals surface area contributed by atoms with Gasteiger partial charge in [0.2, 0.25) is 5.95 Å². The molecule has 0 aromatic carbocycles. The lowest BCUT2D eigenvalue weighted by Crippen LogP contribution is -2.30. The summed E-state index contributed by atoms with van der Waals surface area (Å²) in [6, 6.07) is 0. The van der Waals surface area contributed by atoms with Crippen LogP contribution in [0.15, 0.2) is 4.79 Å². The Morgan fingerprint density at radius 3 is 2.50 bits per heavy atom. The summed E-state index contributed by atoms with van der Waals surface area (Å²) < 4.78 is 0. The van der Waals surface area contributed by atoms with E-state index >= 15 is 0 Å². The molecule has 3 N–H and O–H groups in total. The fourth-order valence-corrected chi connectivity index (χ4v) is 2.43. The van der Waals surface area contributed by atoms with Crippen LogP contribution in [0, 0.1) is 0 Å². The molecular weight excluding hydrogens is 228 g/mol. The largest absolute Gasteiger partial charge is 0.383 e. The normalized spacial score (nSPS) is 16.6. The van der Waals surface area contributed by atoms with E-state index in [0.29, 0.717) is 23.8 Å². The Balaban J connectivity index is 2.26. The average molecular weight is 250 g/mol. The Hall–Kier alpha value is -1.52. The van der Waals surface area contributed by atoms with Crippen LogP contribution in [0.25, 0.3) is 0 Å². The van der Waals surface area contributed by atoms with Crippen LogP contribution >= 0.6 is 0 Å². The number of nitrogens with one attached hydrogen (secondary N) is 1. The van der Waals surface area contributed by atoms with E-state index in [1.807, 2.05) is 6.92 Å². The smallest absolute Gasteiger partial charge is 0.257 e. The molecule has 1 aromatic rings. The van der Waals surface area contributed by atoms with Gasteiger partial charge in [-0.3, -0.25) is 9.78 Å². The summed E-state index contributed by atoms with van der Waals surface area (Å²) in [5.74, 6) is 1.03. The summed E-state index contributed by atoms with van der Waals surface area (Å²) in [6.07, 6.45) is 6.40. The fraction of sp³-hybridized carbons (Fsp3) is 0.692. The second-order valence-electron chi connectivity index (χ2n) is 4.90. The van der Waals surface area contributed by atoms with Gasteiger partial charge in [0.1, 0.15) is 5.82 Å². The van der Waals surface area contributed by atoms with E-state index in [1.54, 1.807) is 0 Å². The highest BCUT2D eigenvalue weighted by Crippen LogP contribution is 2.16. The Labute approximate surface area is 107 Å². The first-order valence-corrected chi connectivity index (χ1v) is 6.86. The van der Waals surface area contributed by atoms with E-state index in [2.05, 4.69) is 14.9 Å². The molecule has 0 unspecified atom stereocenters. The molecule has 0 radical (unpaired) electrons. The molecule has 0 amide bonds. The first-order chi connectivity index (χ1) is 8.72. The van der Waals surface area contributed by atoms with Crippen LogP contribution in [0.3, 0.4) is 0 Å². The molecule has 0 atom stereocenters. The number of H-pyrrole nitrogens is 1. The van der Waals surface area contributed by atoms with Gasteiger partial charge < -0.3 is 10.6 Å². The van der Waals surface area contributed by atoms with Crippen LogP contribution in [-0.4, -0.2) is 23.1 Å². The fourth-order valence-electron chi connectivity index (χ4n) is 2.43. The van der Waals surface area contributed by atoms with Crippen molar-refractivity contribution in [2.75, 3.05) is 23.7 Å². The van der Waals surface area contributed by atoms with E-state index in [0.717, 1.165) is 32.4 Å². The van der Waals surface area contributed by atoms with Crippen molar-refractivity contribution in [3.8, 4) is 0 Å². The molecule has 1 aliphatic rings. The van der Waals surface area contributed by atoms with Gasteiger partial charge in [-0.2, -0.15) is 4.98 Å². The number of aromatic amines is 1. The van der Waals surface area contributed by atoms with Crippen molar-refractivity contribution in [1.82, 2.24) is 9.97 Å². The highest BCUT2D eigenvalue weighted by atomic mass is 16.1. The highest BCUT2D eigenvalue weighted by Gasteiger charge is 2.15. The molecule has 100 valence electrons. The van der Waals surface area contributed by atoms with Crippen LogP contribution in [0.1, 0.15) is 44.6 Å². The van der Waals surface area contributed by atoms with Gasteiger partial charge >= 0.3 is 0 Å². The van der Waals surface area contributed by atoms with Crippen molar-refractivity contribution < 1.29 is 0 Å². The quantitative estimate of drug-likeness (QED) is 0.856. The van der Waals surface area contributed by atoms with E-state index in [1.165, 1.54) is 12.8 Å². The van der Waals surface area contributed by atoms with Crippen molar-refractivity contribution in [1.29, 1.82) is 0 Å². The van der Waals surface area contributed by atoms with Gasteiger partial charge in [-0.1, -0.05) is 26.2 Å². The standard InChI is InChI=1S/C13H22N4O/c1-2-7-10-11(14)15-13(16-12(10)18)17-8-5-3-4-6-9-17/h2-9H2,1H3,(H3,14,15,16,18). The third-order valence-electron chi connectivity index (χ3n) is 3.44. The second-order valence-corrected chi connectivity index (χ2v) is 4.90.